The van der Waals surface area contributed by atoms with Crippen LogP contribution in [0.5, 0.6) is 11.5 Å². The second-order valence-corrected chi connectivity index (χ2v) is 7.23. The number of carbonyl (C=O) groups excluding carboxylic acids is 1. The first-order valence-corrected chi connectivity index (χ1v) is 10.8. The van der Waals surface area contributed by atoms with Crippen LogP contribution in [0, 0.1) is 0 Å². The first-order valence-electron chi connectivity index (χ1n) is 9.82. The number of ether oxygens (including phenoxy) is 3. The summed E-state index contributed by atoms with van der Waals surface area (Å²) in [5.74, 6) is 2.10. The molecule has 154 valence electrons. The number of aromatic nitrogens is 2. The minimum atomic E-state index is -0.321. The van der Waals surface area contributed by atoms with Crippen LogP contribution in [0.1, 0.15) is 31.1 Å². The summed E-state index contributed by atoms with van der Waals surface area (Å²) in [5.41, 5.74) is 2.33. The fourth-order valence-electron chi connectivity index (χ4n) is 2.96. The van der Waals surface area contributed by atoms with Crippen molar-refractivity contribution in [3.05, 3.63) is 48.0 Å². The van der Waals surface area contributed by atoms with Gasteiger partial charge in [-0.1, -0.05) is 11.8 Å². The highest BCUT2D eigenvalue weighted by molar-refractivity contribution is 7.99. The van der Waals surface area contributed by atoms with Gasteiger partial charge in [0, 0.05) is 12.3 Å². The van der Waals surface area contributed by atoms with Crippen molar-refractivity contribution in [2.45, 2.75) is 32.5 Å². The topological polar surface area (TPSA) is 62.6 Å². The van der Waals surface area contributed by atoms with Crippen molar-refractivity contribution in [1.29, 1.82) is 0 Å². The van der Waals surface area contributed by atoms with Gasteiger partial charge in [-0.25, -0.2) is 9.78 Å². The molecule has 0 fully saturated rings. The van der Waals surface area contributed by atoms with E-state index in [0.717, 1.165) is 40.0 Å². The van der Waals surface area contributed by atoms with E-state index >= 15 is 0 Å². The molecule has 0 unspecified atom stereocenters. The molecule has 7 heteroatoms. The standard InChI is InChI=1S/C22H26N2O4S/c1-4-24-20-12-7-16(21(25)27-6-3)15-19(20)23-22(24)29-14-13-28-18-10-8-17(9-11-18)26-5-2/h7-12,15H,4-6,13-14H2,1-3H3. The third-order valence-corrected chi connectivity index (χ3v) is 5.20. The van der Waals surface area contributed by atoms with Gasteiger partial charge in [0.1, 0.15) is 11.5 Å². The second kappa shape index (κ2) is 10.2. The van der Waals surface area contributed by atoms with Crippen molar-refractivity contribution < 1.29 is 19.0 Å². The second-order valence-electron chi connectivity index (χ2n) is 6.16. The molecular weight excluding hydrogens is 388 g/mol. The van der Waals surface area contributed by atoms with Gasteiger partial charge in [-0.15, -0.1) is 0 Å². The lowest BCUT2D eigenvalue weighted by Crippen LogP contribution is -2.04. The monoisotopic (exact) mass is 414 g/mol. The van der Waals surface area contributed by atoms with E-state index in [1.54, 1.807) is 30.8 Å². The van der Waals surface area contributed by atoms with E-state index in [9.17, 15) is 4.79 Å². The molecule has 0 N–H and O–H groups in total. The van der Waals surface area contributed by atoms with Crippen molar-refractivity contribution in [2.24, 2.45) is 0 Å². The molecule has 0 amide bonds. The summed E-state index contributed by atoms with van der Waals surface area (Å²) in [5, 5.41) is 0.916. The molecule has 0 saturated carbocycles. The summed E-state index contributed by atoms with van der Waals surface area (Å²) in [6.07, 6.45) is 0. The average molecular weight is 415 g/mol. The maximum Gasteiger partial charge on any atom is 0.338 e. The lowest BCUT2D eigenvalue weighted by Gasteiger charge is -2.08. The zero-order valence-electron chi connectivity index (χ0n) is 17.0. The van der Waals surface area contributed by atoms with Crippen molar-refractivity contribution in [2.75, 3.05) is 25.6 Å². The Hall–Kier alpha value is -2.67. The Kier molecular flexibility index (Phi) is 7.41. The van der Waals surface area contributed by atoms with Gasteiger partial charge in [0.2, 0.25) is 0 Å². The van der Waals surface area contributed by atoms with E-state index < -0.39 is 0 Å². The number of hydrogen-bond acceptors (Lipinski definition) is 6. The van der Waals surface area contributed by atoms with E-state index in [1.165, 1.54) is 0 Å². The molecule has 0 aliphatic heterocycles. The van der Waals surface area contributed by atoms with Crippen molar-refractivity contribution >= 4 is 28.8 Å². The molecule has 29 heavy (non-hydrogen) atoms. The molecule has 0 spiro atoms. The van der Waals surface area contributed by atoms with Crippen LogP contribution in [0.25, 0.3) is 11.0 Å². The molecular formula is C22H26N2O4S. The van der Waals surface area contributed by atoms with Gasteiger partial charge in [0.05, 0.1) is 36.4 Å². The summed E-state index contributed by atoms with van der Waals surface area (Å²) in [6.45, 7) is 8.22. The summed E-state index contributed by atoms with van der Waals surface area (Å²) < 4.78 is 18.5. The highest BCUT2D eigenvalue weighted by Gasteiger charge is 2.13. The molecule has 0 aliphatic rings. The normalized spacial score (nSPS) is 10.9. The van der Waals surface area contributed by atoms with Crippen LogP contribution in [0.15, 0.2) is 47.6 Å². The molecule has 0 saturated heterocycles. The number of imidazole rings is 1. The van der Waals surface area contributed by atoms with Crippen LogP contribution in [-0.2, 0) is 11.3 Å². The summed E-state index contributed by atoms with van der Waals surface area (Å²) >= 11 is 1.64. The molecule has 1 aromatic heterocycles. The van der Waals surface area contributed by atoms with Gasteiger partial charge < -0.3 is 18.8 Å². The zero-order chi connectivity index (χ0) is 20.6. The molecule has 0 aliphatic carbocycles. The zero-order valence-corrected chi connectivity index (χ0v) is 17.8. The number of rotatable bonds is 10. The van der Waals surface area contributed by atoms with Gasteiger partial charge in [0.25, 0.3) is 0 Å². The average Bonchev–Trinajstić information content (AvgIpc) is 3.09. The molecule has 6 nitrogen and oxygen atoms in total. The Morgan fingerprint density at radius 1 is 1.00 bits per heavy atom. The number of fused-ring (bicyclic) bond motifs is 1. The lowest BCUT2D eigenvalue weighted by atomic mass is 10.2. The van der Waals surface area contributed by atoms with Crippen LogP contribution in [0.4, 0.5) is 0 Å². The van der Waals surface area contributed by atoms with Crippen molar-refractivity contribution in [3.8, 4) is 11.5 Å². The SMILES string of the molecule is CCOC(=O)c1ccc2c(c1)nc(SCCOc1ccc(OCC)cc1)n2CC. The first kappa shape index (κ1) is 21.0. The van der Waals surface area contributed by atoms with Gasteiger partial charge in [-0.3, -0.25) is 0 Å². The largest absolute Gasteiger partial charge is 0.494 e. The summed E-state index contributed by atoms with van der Waals surface area (Å²) in [6, 6.07) is 13.1. The number of hydrogen-bond donors (Lipinski definition) is 0. The van der Waals surface area contributed by atoms with Gasteiger partial charge in [-0.05, 0) is 63.2 Å². The molecule has 0 atom stereocenters. The molecule has 0 radical (unpaired) electrons. The highest BCUT2D eigenvalue weighted by atomic mass is 32.2. The van der Waals surface area contributed by atoms with Gasteiger partial charge >= 0.3 is 5.97 Å². The van der Waals surface area contributed by atoms with E-state index in [4.69, 9.17) is 19.2 Å². The van der Waals surface area contributed by atoms with Crippen LogP contribution in [-0.4, -0.2) is 41.1 Å². The Labute approximate surface area is 175 Å². The Morgan fingerprint density at radius 2 is 1.72 bits per heavy atom. The van der Waals surface area contributed by atoms with E-state index in [0.29, 0.717) is 25.4 Å². The van der Waals surface area contributed by atoms with Gasteiger partial charge in [-0.2, -0.15) is 0 Å². The lowest BCUT2D eigenvalue weighted by molar-refractivity contribution is 0.0526. The Morgan fingerprint density at radius 3 is 2.38 bits per heavy atom. The van der Waals surface area contributed by atoms with Crippen LogP contribution in [0.2, 0.25) is 0 Å². The van der Waals surface area contributed by atoms with E-state index in [-0.39, 0.29) is 5.97 Å². The quantitative estimate of drug-likeness (QED) is 0.270. The predicted octanol–water partition coefficient (Wildman–Crippen LogP) is 4.80. The number of benzene rings is 2. The van der Waals surface area contributed by atoms with E-state index in [2.05, 4.69) is 11.5 Å². The number of nitrogens with zero attached hydrogens (tertiary/aromatic N) is 2. The maximum atomic E-state index is 12.0. The number of carbonyl (C=O) groups is 1. The molecule has 2 aromatic carbocycles. The third kappa shape index (κ3) is 5.23. The van der Waals surface area contributed by atoms with Crippen LogP contribution >= 0.6 is 11.8 Å². The molecule has 0 bridgehead atoms. The molecule has 3 rings (SSSR count). The predicted molar refractivity (Wildman–Crippen MR) is 115 cm³/mol. The third-order valence-electron chi connectivity index (χ3n) is 4.26. The van der Waals surface area contributed by atoms with Crippen LogP contribution < -0.4 is 9.47 Å². The number of thioether (sulfide) groups is 1. The fourth-order valence-corrected chi connectivity index (χ4v) is 3.85. The smallest absolute Gasteiger partial charge is 0.338 e. The Balaban J connectivity index is 1.62. The summed E-state index contributed by atoms with van der Waals surface area (Å²) in [4.78, 5) is 16.7. The molecule has 1 heterocycles. The minimum absolute atomic E-state index is 0.321. The first-order chi connectivity index (χ1) is 14.2. The van der Waals surface area contributed by atoms with Crippen molar-refractivity contribution in [3.63, 3.8) is 0 Å². The maximum absolute atomic E-state index is 12.0. The summed E-state index contributed by atoms with van der Waals surface area (Å²) in [7, 11) is 0. The molecule has 3 aromatic rings. The van der Waals surface area contributed by atoms with Crippen LogP contribution in [0.3, 0.4) is 0 Å². The Bertz CT molecular complexity index is 953. The highest BCUT2D eigenvalue weighted by Crippen LogP contribution is 2.25. The number of aryl methyl sites for hydroxylation is 1. The fraction of sp³-hybridized carbons (Fsp3) is 0.364. The number of esters is 1. The minimum Gasteiger partial charge on any atom is -0.494 e. The van der Waals surface area contributed by atoms with Crippen molar-refractivity contribution in [1.82, 2.24) is 9.55 Å². The van der Waals surface area contributed by atoms with Gasteiger partial charge in [0.15, 0.2) is 5.16 Å². The van der Waals surface area contributed by atoms with E-state index in [1.807, 2.05) is 37.3 Å².